The Kier molecular flexibility index (Phi) is 7.26. The van der Waals surface area contributed by atoms with E-state index in [0.29, 0.717) is 23.6 Å². The van der Waals surface area contributed by atoms with Crippen molar-refractivity contribution in [1.29, 1.82) is 5.26 Å². The minimum Gasteiger partial charge on any atom is -0.494 e. The van der Waals surface area contributed by atoms with E-state index in [1.807, 2.05) is 13.0 Å². The Labute approximate surface area is 186 Å². The highest BCUT2D eigenvalue weighted by Crippen LogP contribution is 2.21. The van der Waals surface area contributed by atoms with Crippen molar-refractivity contribution in [3.05, 3.63) is 90.0 Å². The van der Waals surface area contributed by atoms with Gasteiger partial charge >= 0.3 is 10.1 Å². The molecule has 162 valence electrons. The van der Waals surface area contributed by atoms with E-state index in [2.05, 4.69) is 5.32 Å². The Balaban J connectivity index is 1.69. The number of hydrogen-bond donors (Lipinski definition) is 1. The lowest BCUT2D eigenvalue weighted by Crippen LogP contribution is -2.13. The molecular formula is C24H20N2O5S. The molecule has 0 aliphatic rings. The van der Waals surface area contributed by atoms with Crippen LogP contribution < -0.4 is 14.2 Å². The third-order valence-electron chi connectivity index (χ3n) is 4.22. The zero-order valence-electron chi connectivity index (χ0n) is 17.2. The number of hydrogen-bond acceptors (Lipinski definition) is 6. The molecule has 0 saturated carbocycles. The van der Waals surface area contributed by atoms with Crippen LogP contribution in [0.3, 0.4) is 0 Å². The Morgan fingerprint density at radius 1 is 0.969 bits per heavy atom. The van der Waals surface area contributed by atoms with Gasteiger partial charge in [-0.25, -0.2) is 0 Å². The van der Waals surface area contributed by atoms with Crippen molar-refractivity contribution in [3.63, 3.8) is 0 Å². The van der Waals surface area contributed by atoms with Crippen LogP contribution in [0.4, 0.5) is 5.69 Å². The van der Waals surface area contributed by atoms with E-state index < -0.39 is 16.0 Å². The fourth-order valence-electron chi connectivity index (χ4n) is 2.70. The molecule has 8 heteroatoms. The zero-order chi connectivity index (χ0) is 23.0. The Hall–Kier alpha value is -4.09. The normalized spacial score (nSPS) is 11.3. The van der Waals surface area contributed by atoms with Gasteiger partial charge in [-0.05, 0) is 67.1 Å². The van der Waals surface area contributed by atoms with Crippen LogP contribution in [0.15, 0.2) is 89.3 Å². The fourth-order valence-corrected chi connectivity index (χ4v) is 3.65. The third-order valence-corrected chi connectivity index (χ3v) is 5.48. The van der Waals surface area contributed by atoms with Crippen molar-refractivity contribution in [3.8, 4) is 17.6 Å². The quantitative estimate of drug-likeness (QED) is 0.311. The molecule has 0 saturated heterocycles. The number of amides is 1. The highest BCUT2D eigenvalue weighted by atomic mass is 32.2. The monoisotopic (exact) mass is 448 g/mol. The van der Waals surface area contributed by atoms with E-state index >= 15 is 0 Å². The van der Waals surface area contributed by atoms with Crippen LogP contribution in [0.2, 0.25) is 0 Å². The van der Waals surface area contributed by atoms with Gasteiger partial charge in [0.2, 0.25) is 0 Å². The van der Waals surface area contributed by atoms with E-state index in [1.54, 1.807) is 54.6 Å². The summed E-state index contributed by atoms with van der Waals surface area (Å²) in [5, 5.41) is 12.0. The summed E-state index contributed by atoms with van der Waals surface area (Å²) in [7, 11) is -3.95. The summed E-state index contributed by atoms with van der Waals surface area (Å²) in [6.07, 6.45) is 1.40. The van der Waals surface area contributed by atoms with E-state index in [4.69, 9.17) is 8.92 Å². The Morgan fingerprint density at radius 2 is 1.59 bits per heavy atom. The number of carbonyl (C=O) groups is 1. The lowest BCUT2D eigenvalue weighted by molar-refractivity contribution is -0.112. The van der Waals surface area contributed by atoms with Gasteiger partial charge in [0.15, 0.2) is 0 Å². The van der Waals surface area contributed by atoms with Gasteiger partial charge in [0, 0.05) is 5.69 Å². The van der Waals surface area contributed by atoms with Gasteiger partial charge in [-0.2, -0.15) is 13.7 Å². The SMILES string of the molecule is CCOc1ccc(NC(=O)/C(C#N)=C/c2ccc(OS(=O)(=O)c3ccccc3)cc2)cc1. The topological polar surface area (TPSA) is 105 Å². The molecule has 0 radical (unpaired) electrons. The molecule has 7 nitrogen and oxygen atoms in total. The van der Waals surface area contributed by atoms with Crippen molar-refractivity contribution in [2.24, 2.45) is 0 Å². The number of rotatable bonds is 8. The maximum absolute atomic E-state index is 12.4. The predicted octanol–water partition coefficient (Wildman–Crippen LogP) is 4.40. The fraction of sp³-hybridized carbons (Fsp3) is 0.0833. The average molecular weight is 449 g/mol. The predicted molar refractivity (Wildman–Crippen MR) is 121 cm³/mol. The summed E-state index contributed by atoms with van der Waals surface area (Å²) in [5.74, 6) is 0.227. The van der Waals surface area contributed by atoms with Crippen LogP contribution >= 0.6 is 0 Å². The van der Waals surface area contributed by atoms with Gasteiger partial charge in [-0.1, -0.05) is 30.3 Å². The van der Waals surface area contributed by atoms with E-state index in [0.717, 1.165) is 0 Å². The van der Waals surface area contributed by atoms with E-state index in [1.165, 1.54) is 30.3 Å². The summed E-state index contributed by atoms with van der Waals surface area (Å²) < 4.78 is 35.1. The summed E-state index contributed by atoms with van der Waals surface area (Å²) in [6, 6.07) is 22.5. The largest absolute Gasteiger partial charge is 0.494 e. The molecule has 1 N–H and O–H groups in total. The van der Waals surface area contributed by atoms with Gasteiger partial charge in [0.1, 0.15) is 28.0 Å². The van der Waals surface area contributed by atoms with Crippen molar-refractivity contribution >= 4 is 27.8 Å². The van der Waals surface area contributed by atoms with Crippen molar-refractivity contribution in [2.75, 3.05) is 11.9 Å². The second-order valence-electron chi connectivity index (χ2n) is 6.50. The van der Waals surface area contributed by atoms with Gasteiger partial charge in [0.25, 0.3) is 5.91 Å². The maximum atomic E-state index is 12.4. The minimum absolute atomic E-state index is 0.0432. The number of benzene rings is 3. The van der Waals surface area contributed by atoms with Crippen LogP contribution in [-0.4, -0.2) is 20.9 Å². The molecule has 0 unspecified atom stereocenters. The van der Waals surface area contributed by atoms with Gasteiger partial charge in [-0.3, -0.25) is 4.79 Å². The summed E-state index contributed by atoms with van der Waals surface area (Å²) >= 11 is 0. The lowest BCUT2D eigenvalue weighted by Gasteiger charge is -2.08. The maximum Gasteiger partial charge on any atom is 0.339 e. The molecule has 0 heterocycles. The number of nitriles is 1. The first-order valence-electron chi connectivity index (χ1n) is 9.67. The Bertz CT molecular complexity index is 1240. The molecule has 0 fully saturated rings. The summed E-state index contributed by atoms with van der Waals surface area (Å²) in [4.78, 5) is 12.5. The van der Waals surface area contributed by atoms with Crippen molar-refractivity contribution in [1.82, 2.24) is 0 Å². The number of ether oxygens (including phenoxy) is 1. The second kappa shape index (κ2) is 10.3. The highest BCUT2D eigenvalue weighted by molar-refractivity contribution is 7.87. The molecule has 1 amide bonds. The smallest absolute Gasteiger partial charge is 0.339 e. The molecule has 0 bridgehead atoms. The number of carbonyl (C=O) groups excluding carboxylic acids is 1. The molecule has 0 aliphatic carbocycles. The van der Waals surface area contributed by atoms with E-state index in [9.17, 15) is 18.5 Å². The molecular weight excluding hydrogens is 428 g/mol. The molecule has 32 heavy (non-hydrogen) atoms. The summed E-state index contributed by atoms with van der Waals surface area (Å²) in [5.41, 5.74) is 0.951. The van der Waals surface area contributed by atoms with Gasteiger partial charge < -0.3 is 14.2 Å². The third kappa shape index (κ3) is 5.97. The molecule has 3 aromatic rings. The van der Waals surface area contributed by atoms with Crippen LogP contribution in [0, 0.1) is 11.3 Å². The number of nitrogens with zero attached hydrogens (tertiary/aromatic N) is 1. The standard InChI is InChI=1S/C24H20N2O5S/c1-2-30-21-14-10-20(11-15-21)26-24(27)19(17-25)16-18-8-12-22(13-9-18)31-32(28,29)23-6-4-3-5-7-23/h3-16H,2H2,1H3,(H,26,27)/b19-16+. The molecule has 0 aliphatic heterocycles. The number of anilines is 1. The first kappa shape index (κ1) is 22.6. The van der Waals surface area contributed by atoms with Gasteiger partial charge in [0.05, 0.1) is 6.61 Å². The number of nitrogens with one attached hydrogen (secondary N) is 1. The molecule has 3 rings (SSSR count). The lowest BCUT2D eigenvalue weighted by atomic mass is 10.1. The minimum atomic E-state index is -3.95. The molecule has 3 aromatic carbocycles. The highest BCUT2D eigenvalue weighted by Gasteiger charge is 2.16. The van der Waals surface area contributed by atoms with Crippen LogP contribution in [0.25, 0.3) is 6.08 Å². The van der Waals surface area contributed by atoms with Crippen molar-refractivity contribution < 1.29 is 22.1 Å². The van der Waals surface area contributed by atoms with Crippen LogP contribution in [0.5, 0.6) is 11.5 Å². The molecule has 0 spiro atoms. The second-order valence-corrected chi connectivity index (χ2v) is 8.05. The first-order valence-corrected chi connectivity index (χ1v) is 11.1. The summed E-state index contributed by atoms with van der Waals surface area (Å²) in [6.45, 7) is 2.41. The average Bonchev–Trinajstić information content (AvgIpc) is 2.80. The van der Waals surface area contributed by atoms with Crippen molar-refractivity contribution in [2.45, 2.75) is 11.8 Å². The van der Waals surface area contributed by atoms with Gasteiger partial charge in [-0.15, -0.1) is 0 Å². The molecule has 0 atom stereocenters. The Morgan fingerprint density at radius 3 is 2.19 bits per heavy atom. The molecule has 0 aromatic heterocycles. The van der Waals surface area contributed by atoms with Crippen LogP contribution in [0.1, 0.15) is 12.5 Å². The zero-order valence-corrected chi connectivity index (χ0v) is 18.0. The van der Waals surface area contributed by atoms with E-state index in [-0.39, 0.29) is 16.2 Å². The first-order chi connectivity index (χ1) is 15.4. The van der Waals surface area contributed by atoms with Crippen LogP contribution in [-0.2, 0) is 14.9 Å².